The maximum Gasteiger partial charge on any atom is 0.220 e. The minimum absolute atomic E-state index is 0.0307. The van der Waals surface area contributed by atoms with Gasteiger partial charge in [0.1, 0.15) is 5.78 Å². The first kappa shape index (κ1) is 21.4. The summed E-state index contributed by atoms with van der Waals surface area (Å²) in [6.07, 6.45) is 1.36. The molecule has 0 aromatic carbocycles. The second kappa shape index (κ2) is 13.1. The quantitative estimate of drug-likeness (QED) is 0.627. The van der Waals surface area contributed by atoms with Gasteiger partial charge in [-0.15, -0.1) is 0 Å². The Labute approximate surface area is 123 Å². The number of rotatable bonds is 10. The predicted octanol–water partition coefficient (Wildman–Crippen LogP) is 2.33. The third-order valence-electron chi connectivity index (χ3n) is 2.67. The third-order valence-corrected chi connectivity index (χ3v) is 2.67. The van der Waals surface area contributed by atoms with Crippen LogP contribution in [-0.4, -0.2) is 44.2 Å². The molecule has 0 fully saturated rings. The van der Waals surface area contributed by atoms with E-state index in [1.54, 1.807) is 7.11 Å². The number of hydrogen-bond donors (Lipinski definition) is 1. The summed E-state index contributed by atoms with van der Waals surface area (Å²) in [6, 6.07) is 0. The molecule has 0 unspecified atom stereocenters. The minimum atomic E-state index is -0.176. The van der Waals surface area contributed by atoms with Gasteiger partial charge in [-0.3, -0.25) is 4.79 Å². The molecule has 0 saturated carbocycles. The number of amides is 1. The van der Waals surface area contributed by atoms with Crippen LogP contribution in [0.15, 0.2) is 0 Å². The Balaban J connectivity index is 0. The second-order valence-corrected chi connectivity index (χ2v) is 4.88. The summed E-state index contributed by atoms with van der Waals surface area (Å²) in [4.78, 5) is 21.9. The highest BCUT2D eigenvalue weighted by Gasteiger charge is 2.15. The molecule has 0 bridgehead atoms. The highest BCUT2D eigenvalue weighted by Crippen LogP contribution is 2.12. The van der Waals surface area contributed by atoms with Crippen LogP contribution in [0, 0.1) is 0 Å². The van der Waals surface area contributed by atoms with Crippen molar-refractivity contribution in [1.82, 2.24) is 5.32 Å². The van der Waals surface area contributed by atoms with Gasteiger partial charge in [0.15, 0.2) is 0 Å². The van der Waals surface area contributed by atoms with Gasteiger partial charge in [-0.05, 0) is 27.2 Å². The van der Waals surface area contributed by atoms with E-state index in [1.165, 1.54) is 6.92 Å². The van der Waals surface area contributed by atoms with E-state index in [4.69, 9.17) is 9.47 Å². The van der Waals surface area contributed by atoms with Crippen LogP contribution in [0.5, 0.6) is 0 Å². The monoisotopic (exact) mass is 289 g/mol. The molecule has 0 aliphatic rings. The van der Waals surface area contributed by atoms with E-state index in [1.807, 2.05) is 27.7 Å². The van der Waals surface area contributed by atoms with Crippen LogP contribution >= 0.6 is 0 Å². The molecule has 5 heteroatoms. The summed E-state index contributed by atoms with van der Waals surface area (Å²) >= 11 is 0. The van der Waals surface area contributed by atoms with Gasteiger partial charge in [0.05, 0.1) is 12.2 Å². The summed E-state index contributed by atoms with van der Waals surface area (Å²) in [7, 11) is 1.68. The first-order valence-corrected chi connectivity index (χ1v) is 7.26. The standard InChI is InChI=1S/C13H25NO4.C2H6/c1-11(15)5-6-12(16)14-8-10-18-9-7-13(2,3)17-4;1-2/h5-10H2,1-4H3,(H,14,16);1-2H3. The van der Waals surface area contributed by atoms with E-state index in [-0.39, 0.29) is 23.7 Å². The lowest BCUT2D eigenvalue weighted by Crippen LogP contribution is -2.29. The van der Waals surface area contributed by atoms with Crippen LogP contribution in [0.4, 0.5) is 0 Å². The summed E-state index contributed by atoms with van der Waals surface area (Å²) in [5, 5.41) is 2.70. The first-order chi connectivity index (χ1) is 9.37. The van der Waals surface area contributed by atoms with E-state index in [0.717, 1.165) is 6.42 Å². The van der Waals surface area contributed by atoms with Crippen molar-refractivity contribution < 1.29 is 19.1 Å². The molecule has 0 spiro atoms. The minimum Gasteiger partial charge on any atom is -0.380 e. The van der Waals surface area contributed by atoms with Crippen LogP contribution in [0.2, 0.25) is 0 Å². The number of carbonyl (C=O) groups is 2. The fraction of sp³-hybridized carbons (Fsp3) is 0.867. The summed E-state index contributed by atoms with van der Waals surface area (Å²) in [6.45, 7) is 11.0. The van der Waals surface area contributed by atoms with Crippen LogP contribution < -0.4 is 5.32 Å². The second-order valence-electron chi connectivity index (χ2n) is 4.88. The Hall–Kier alpha value is -0.940. The summed E-state index contributed by atoms with van der Waals surface area (Å²) < 4.78 is 10.6. The van der Waals surface area contributed by atoms with Gasteiger partial charge in [-0.2, -0.15) is 0 Å². The average molecular weight is 289 g/mol. The van der Waals surface area contributed by atoms with Gasteiger partial charge in [0.2, 0.25) is 5.91 Å². The molecular weight excluding hydrogens is 258 g/mol. The van der Waals surface area contributed by atoms with Gasteiger partial charge < -0.3 is 19.6 Å². The molecule has 0 aromatic heterocycles. The molecule has 120 valence electrons. The van der Waals surface area contributed by atoms with Crippen molar-refractivity contribution in [2.24, 2.45) is 0 Å². The molecule has 0 atom stereocenters. The summed E-state index contributed by atoms with van der Waals surface area (Å²) in [5.41, 5.74) is -0.176. The van der Waals surface area contributed by atoms with Gasteiger partial charge in [-0.1, -0.05) is 13.8 Å². The van der Waals surface area contributed by atoms with Crippen molar-refractivity contribution in [3.63, 3.8) is 0 Å². The van der Waals surface area contributed by atoms with E-state index in [2.05, 4.69) is 5.32 Å². The number of hydrogen-bond acceptors (Lipinski definition) is 4. The first-order valence-electron chi connectivity index (χ1n) is 7.26. The fourth-order valence-electron chi connectivity index (χ4n) is 1.16. The molecule has 0 saturated heterocycles. The van der Waals surface area contributed by atoms with Crippen molar-refractivity contribution in [3.8, 4) is 0 Å². The molecule has 0 rings (SSSR count). The van der Waals surface area contributed by atoms with Gasteiger partial charge in [-0.25, -0.2) is 0 Å². The Kier molecular flexibility index (Phi) is 14.0. The van der Waals surface area contributed by atoms with E-state index in [9.17, 15) is 9.59 Å². The average Bonchev–Trinajstić information content (AvgIpc) is 2.42. The number of ketones is 1. The Morgan fingerprint density at radius 3 is 2.20 bits per heavy atom. The normalized spacial score (nSPS) is 10.5. The van der Waals surface area contributed by atoms with Crippen LogP contribution in [0.1, 0.15) is 53.9 Å². The molecule has 0 aliphatic carbocycles. The number of methoxy groups -OCH3 is 1. The topological polar surface area (TPSA) is 64.6 Å². The van der Waals surface area contributed by atoms with Gasteiger partial charge >= 0.3 is 0 Å². The lowest BCUT2D eigenvalue weighted by atomic mass is 10.1. The molecule has 1 amide bonds. The van der Waals surface area contributed by atoms with Gasteiger partial charge in [0.25, 0.3) is 0 Å². The zero-order valence-electron chi connectivity index (χ0n) is 13.9. The molecule has 20 heavy (non-hydrogen) atoms. The molecule has 0 aromatic rings. The van der Waals surface area contributed by atoms with Crippen LogP contribution in [0.3, 0.4) is 0 Å². The van der Waals surface area contributed by atoms with Crippen LogP contribution in [0.25, 0.3) is 0 Å². The van der Waals surface area contributed by atoms with Crippen molar-refractivity contribution in [2.75, 3.05) is 26.9 Å². The zero-order chi connectivity index (χ0) is 16.0. The maximum atomic E-state index is 11.2. The van der Waals surface area contributed by atoms with E-state index in [0.29, 0.717) is 26.2 Å². The predicted molar refractivity (Wildman–Crippen MR) is 80.8 cm³/mol. The lowest BCUT2D eigenvalue weighted by Gasteiger charge is -2.22. The van der Waals surface area contributed by atoms with Crippen molar-refractivity contribution >= 4 is 11.7 Å². The van der Waals surface area contributed by atoms with E-state index < -0.39 is 0 Å². The van der Waals surface area contributed by atoms with Crippen molar-refractivity contribution in [3.05, 3.63) is 0 Å². The fourth-order valence-corrected chi connectivity index (χ4v) is 1.16. The summed E-state index contributed by atoms with van der Waals surface area (Å²) in [5.74, 6) is -0.0748. The zero-order valence-corrected chi connectivity index (χ0v) is 13.9. The molecule has 0 radical (unpaired) electrons. The van der Waals surface area contributed by atoms with Crippen molar-refractivity contribution in [1.29, 1.82) is 0 Å². The number of ether oxygens (including phenoxy) is 2. The van der Waals surface area contributed by atoms with Gasteiger partial charge in [0, 0.05) is 33.1 Å². The Bertz CT molecular complexity index is 265. The molecule has 1 N–H and O–H groups in total. The number of Topliss-reactive ketones (excluding diaryl/α,β-unsaturated/α-hetero) is 1. The van der Waals surface area contributed by atoms with E-state index >= 15 is 0 Å². The Morgan fingerprint density at radius 2 is 1.70 bits per heavy atom. The Morgan fingerprint density at radius 1 is 1.10 bits per heavy atom. The molecule has 5 nitrogen and oxygen atoms in total. The largest absolute Gasteiger partial charge is 0.380 e. The number of nitrogens with one attached hydrogen (secondary N) is 1. The maximum absolute atomic E-state index is 11.2. The van der Waals surface area contributed by atoms with Crippen LogP contribution in [-0.2, 0) is 19.1 Å². The third kappa shape index (κ3) is 15.1. The lowest BCUT2D eigenvalue weighted by molar-refractivity contribution is -0.124. The highest BCUT2D eigenvalue weighted by atomic mass is 16.5. The molecule has 0 aliphatic heterocycles. The SMILES string of the molecule is CC.COC(C)(C)CCOCCNC(=O)CCC(C)=O. The molecule has 0 heterocycles. The highest BCUT2D eigenvalue weighted by molar-refractivity contribution is 5.83. The molecular formula is C15H31NO4. The number of carbonyl (C=O) groups excluding carboxylic acids is 2. The smallest absolute Gasteiger partial charge is 0.220 e. The van der Waals surface area contributed by atoms with Crippen molar-refractivity contribution in [2.45, 2.75) is 59.5 Å².